The Balaban J connectivity index is 1.57. The van der Waals surface area contributed by atoms with Gasteiger partial charge in [0.05, 0.1) is 25.0 Å². The molecule has 9 nitrogen and oxygen atoms in total. The number of hydrogen-bond acceptors (Lipinski definition) is 8. The van der Waals surface area contributed by atoms with Crippen LogP contribution >= 0.6 is 0 Å². The molecule has 2 aromatic rings. The second-order valence-corrected chi connectivity index (χ2v) is 8.73. The van der Waals surface area contributed by atoms with Gasteiger partial charge >= 0.3 is 0 Å². The predicted octanol–water partition coefficient (Wildman–Crippen LogP) is 2.74. The summed E-state index contributed by atoms with van der Waals surface area (Å²) in [5, 5.41) is 36.1. The maximum Gasteiger partial charge on any atom is 0.143 e. The molecule has 2 fully saturated rings. The van der Waals surface area contributed by atoms with E-state index >= 15 is 0 Å². The van der Waals surface area contributed by atoms with Gasteiger partial charge in [-0.15, -0.1) is 0 Å². The fourth-order valence-corrected chi connectivity index (χ4v) is 4.39. The van der Waals surface area contributed by atoms with E-state index in [1.807, 2.05) is 13.1 Å². The number of ether oxygens (including phenoxy) is 1. The average Bonchev–Trinajstić information content (AvgIpc) is 3.35. The zero-order valence-corrected chi connectivity index (χ0v) is 18.1. The van der Waals surface area contributed by atoms with Crippen LogP contribution in [0.2, 0.25) is 0 Å². The number of anilines is 3. The van der Waals surface area contributed by atoms with Gasteiger partial charge in [0.15, 0.2) is 0 Å². The molecular formula is C22H33N7O2. The molecule has 4 rings (SSSR count). The molecule has 9 heteroatoms. The van der Waals surface area contributed by atoms with Gasteiger partial charge in [0, 0.05) is 30.9 Å². The Bertz CT molecular complexity index is 870. The molecule has 0 atom stereocenters. The van der Waals surface area contributed by atoms with Gasteiger partial charge in [0.2, 0.25) is 0 Å². The van der Waals surface area contributed by atoms with Crippen molar-refractivity contribution in [1.29, 1.82) is 5.41 Å². The third-order valence-electron chi connectivity index (χ3n) is 6.60. The lowest BCUT2D eigenvalue weighted by Crippen LogP contribution is -2.33. The summed E-state index contributed by atoms with van der Waals surface area (Å²) in [6.45, 7) is 2.62. The third-order valence-corrected chi connectivity index (χ3v) is 6.60. The fourth-order valence-electron chi connectivity index (χ4n) is 4.39. The molecule has 2 aromatic heterocycles. The van der Waals surface area contributed by atoms with Gasteiger partial charge in [0.25, 0.3) is 0 Å². The minimum Gasteiger partial charge on any atom is -0.385 e. The molecule has 2 saturated carbocycles. The number of nitrogens with one attached hydrogen (secondary N) is 5. The van der Waals surface area contributed by atoms with Crippen LogP contribution in [0.15, 0.2) is 18.3 Å². The molecule has 1 spiro atoms. The summed E-state index contributed by atoms with van der Waals surface area (Å²) in [4.78, 5) is 4.68. The first kappa shape index (κ1) is 21.7. The molecule has 0 radical (unpaired) electrons. The van der Waals surface area contributed by atoms with Crippen LogP contribution < -0.4 is 16.0 Å². The normalized spacial score (nSPS) is 18.6. The zero-order chi connectivity index (χ0) is 21.7. The molecule has 31 heavy (non-hydrogen) atoms. The lowest BCUT2D eigenvalue weighted by Gasteiger charge is -2.38. The van der Waals surface area contributed by atoms with Crippen molar-refractivity contribution < 1.29 is 9.84 Å². The summed E-state index contributed by atoms with van der Waals surface area (Å²) in [5.41, 5.74) is 0.883. The quantitative estimate of drug-likeness (QED) is 0.240. The van der Waals surface area contributed by atoms with E-state index in [0.717, 1.165) is 24.9 Å². The van der Waals surface area contributed by atoms with Crippen LogP contribution in [0.5, 0.6) is 0 Å². The topological polar surface area (TPSA) is 131 Å². The summed E-state index contributed by atoms with van der Waals surface area (Å²) in [5.74, 6) is 1.86. The van der Waals surface area contributed by atoms with E-state index < -0.39 is 5.60 Å². The summed E-state index contributed by atoms with van der Waals surface area (Å²) < 4.78 is 5.59. The number of aliphatic hydroxyl groups is 1. The van der Waals surface area contributed by atoms with Gasteiger partial charge in [-0.2, -0.15) is 5.10 Å². The van der Waals surface area contributed by atoms with Gasteiger partial charge in [-0.05, 0) is 62.6 Å². The van der Waals surface area contributed by atoms with Crippen LogP contribution in [0.25, 0.3) is 0 Å². The van der Waals surface area contributed by atoms with Crippen molar-refractivity contribution in [3.05, 3.63) is 29.5 Å². The molecule has 168 valence electrons. The summed E-state index contributed by atoms with van der Waals surface area (Å²) in [6, 6.07) is 3.70. The molecule has 2 heterocycles. The number of rotatable bonds is 11. The smallest absolute Gasteiger partial charge is 0.143 e. The van der Waals surface area contributed by atoms with E-state index in [-0.39, 0.29) is 0 Å². The largest absolute Gasteiger partial charge is 0.385 e. The highest BCUT2D eigenvalue weighted by Gasteiger charge is 2.49. The third kappa shape index (κ3) is 5.06. The van der Waals surface area contributed by atoms with Crippen LogP contribution in [0.1, 0.15) is 49.7 Å². The van der Waals surface area contributed by atoms with Gasteiger partial charge < -0.3 is 31.2 Å². The van der Waals surface area contributed by atoms with Crippen molar-refractivity contribution in [3.8, 4) is 0 Å². The van der Waals surface area contributed by atoms with Crippen LogP contribution in [-0.2, 0) is 10.3 Å². The first-order chi connectivity index (χ1) is 15.1. The van der Waals surface area contributed by atoms with E-state index in [4.69, 9.17) is 10.1 Å². The SMILES string of the molecule is CNCCOCCNc1cc(C2(O)CCC3(CC3)CC2)c(C=N)c(Nc2ccn[nH]2)n1. The minimum atomic E-state index is -0.951. The Morgan fingerprint density at radius 2 is 1.94 bits per heavy atom. The molecule has 2 aliphatic carbocycles. The number of H-pyrrole nitrogens is 1. The van der Waals surface area contributed by atoms with E-state index in [1.165, 1.54) is 19.1 Å². The summed E-state index contributed by atoms with van der Waals surface area (Å²) in [7, 11) is 1.90. The van der Waals surface area contributed by atoms with Gasteiger partial charge in [-0.1, -0.05) is 0 Å². The number of pyridine rings is 1. The highest BCUT2D eigenvalue weighted by Crippen LogP contribution is 2.59. The Morgan fingerprint density at radius 3 is 2.58 bits per heavy atom. The molecule has 2 aliphatic rings. The number of hydrogen-bond donors (Lipinski definition) is 6. The predicted molar refractivity (Wildman–Crippen MR) is 121 cm³/mol. The molecule has 0 aromatic carbocycles. The van der Waals surface area contributed by atoms with E-state index in [0.29, 0.717) is 61.0 Å². The average molecular weight is 428 g/mol. The van der Waals surface area contributed by atoms with E-state index in [9.17, 15) is 5.11 Å². The zero-order valence-electron chi connectivity index (χ0n) is 18.1. The van der Waals surface area contributed by atoms with Crippen molar-refractivity contribution in [3.63, 3.8) is 0 Å². The van der Waals surface area contributed by atoms with Gasteiger partial charge in [-0.3, -0.25) is 5.10 Å². The second-order valence-electron chi connectivity index (χ2n) is 8.73. The number of nitrogens with zero attached hydrogens (tertiary/aromatic N) is 2. The monoisotopic (exact) mass is 427 g/mol. The molecular weight excluding hydrogens is 394 g/mol. The van der Waals surface area contributed by atoms with E-state index in [2.05, 4.69) is 31.1 Å². The maximum atomic E-state index is 11.6. The Kier molecular flexibility index (Phi) is 6.54. The molecule has 6 N–H and O–H groups in total. The standard InChI is InChI=1S/C22H33N7O2/c1-24-10-12-31-13-11-25-19-14-17(22(30)7-5-21(3-4-21)6-8-22)16(15-23)20(28-19)27-18-2-9-26-29-18/h2,9,14-15,23-24,30H,3-8,10-13H2,1H3,(H3,25,26,27,28,29). The van der Waals surface area contributed by atoms with Crippen LogP contribution in [-0.4, -0.2) is 59.9 Å². The number of aromatic amines is 1. The first-order valence-corrected chi connectivity index (χ1v) is 11.1. The lowest BCUT2D eigenvalue weighted by molar-refractivity contribution is -0.0186. The second kappa shape index (κ2) is 9.33. The van der Waals surface area contributed by atoms with Crippen molar-refractivity contribution in [2.45, 2.75) is 44.1 Å². The maximum absolute atomic E-state index is 11.6. The van der Waals surface area contributed by atoms with Gasteiger partial charge in [0.1, 0.15) is 17.5 Å². The van der Waals surface area contributed by atoms with Crippen LogP contribution in [0, 0.1) is 10.8 Å². The molecule has 0 amide bonds. The first-order valence-electron chi connectivity index (χ1n) is 11.1. The number of likely N-dealkylation sites (N-methyl/N-ethyl adjacent to an activating group) is 1. The molecule has 0 unspecified atom stereocenters. The molecule has 0 aliphatic heterocycles. The van der Waals surface area contributed by atoms with Crippen molar-refractivity contribution >= 4 is 23.7 Å². The van der Waals surface area contributed by atoms with Crippen molar-refractivity contribution in [1.82, 2.24) is 20.5 Å². The fraction of sp³-hybridized carbons (Fsp3) is 0.591. The summed E-state index contributed by atoms with van der Waals surface area (Å²) in [6.07, 6.45) is 9.01. The molecule has 0 bridgehead atoms. The van der Waals surface area contributed by atoms with Gasteiger partial charge in [-0.25, -0.2) is 4.98 Å². The number of aromatic nitrogens is 3. The van der Waals surface area contributed by atoms with Crippen molar-refractivity contribution in [2.75, 3.05) is 44.0 Å². The van der Waals surface area contributed by atoms with Crippen LogP contribution in [0.4, 0.5) is 17.5 Å². The highest BCUT2D eigenvalue weighted by atomic mass is 16.5. The highest BCUT2D eigenvalue weighted by molar-refractivity contribution is 5.89. The molecule has 0 saturated heterocycles. The van der Waals surface area contributed by atoms with E-state index in [1.54, 1.807) is 12.3 Å². The minimum absolute atomic E-state index is 0.465. The van der Waals surface area contributed by atoms with Crippen LogP contribution in [0.3, 0.4) is 0 Å². The van der Waals surface area contributed by atoms with Crippen molar-refractivity contribution in [2.24, 2.45) is 5.41 Å². The summed E-state index contributed by atoms with van der Waals surface area (Å²) >= 11 is 0. The Morgan fingerprint density at radius 1 is 1.19 bits per heavy atom. The Labute approximate surface area is 182 Å². The Hall–Kier alpha value is -2.49. The lowest BCUT2D eigenvalue weighted by atomic mass is 9.72.